The van der Waals surface area contributed by atoms with E-state index in [4.69, 9.17) is 5.73 Å². The van der Waals surface area contributed by atoms with Crippen LogP contribution in [0.1, 0.15) is 13.3 Å². The highest BCUT2D eigenvalue weighted by Crippen LogP contribution is 2.12. The highest BCUT2D eigenvalue weighted by atomic mass is 16.2. The molecule has 1 amide bonds. The van der Waals surface area contributed by atoms with Crippen molar-refractivity contribution in [2.24, 2.45) is 5.73 Å². The second kappa shape index (κ2) is 3.84. The zero-order chi connectivity index (χ0) is 11.7. The van der Waals surface area contributed by atoms with Gasteiger partial charge in [-0.1, -0.05) is 19.1 Å². The number of benzene rings is 1. The van der Waals surface area contributed by atoms with Gasteiger partial charge in [0.25, 0.3) is 0 Å². The second-order valence-electron chi connectivity index (χ2n) is 3.60. The number of amides is 1. The third-order valence-corrected chi connectivity index (χ3v) is 2.50. The molecule has 5 heteroatoms. The van der Waals surface area contributed by atoms with E-state index in [1.807, 2.05) is 19.1 Å². The first kappa shape index (κ1) is 10.5. The van der Waals surface area contributed by atoms with Gasteiger partial charge in [0, 0.05) is 6.54 Å². The lowest BCUT2D eigenvalue weighted by Crippen LogP contribution is -2.32. The lowest BCUT2D eigenvalue weighted by Gasteiger charge is -1.98. The minimum atomic E-state index is -0.740. The molecular formula is C11H13N3O2. The van der Waals surface area contributed by atoms with Crippen LogP contribution in [0.15, 0.2) is 29.1 Å². The Labute approximate surface area is 92.1 Å². The predicted octanol–water partition coefficient (Wildman–Crippen LogP) is 1.14. The monoisotopic (exact) mass is 219 g/mol. The van der Waals surface area contributed by atoms with Gasteiger partial charge >= 0.3 is 11.7 Å². The van der Waals surface area contributed by atoms with E-state index in [1.165, 1.54) is 0 Å². The van der Waals surface area contributed by atoms with Crippen molar-refractivity contribution in [1.82, 2.24) is 9.13 Å². The average Bonchev–Trinajstić information content (AvgIpc) is 2.53. The number of nitrogens with two attached hydrogens (primary N) is 1. The quantitative estimate of drug-likeness (QED) is 0.822. The molecule has 16 heavy (non-hydrogen) atoms. The standard InChI is InChI=1S/C11H13N3O2/c1-2-7-13-8-5-3-4-6-9(8)14(10(12)15)11(13)16/h3-6H,2,7H2,1H3,(H2,12,15). The van der Waals surface area contributed by atoms with E-state index in [1.54, 1.807) is 16.7 Å². The maximum atomic E-state index is 11.9. The molecule has 2 aromatic rings. The molecule has 84 valence electrons. The van der Waals surface area contributed by atoms with Crippen LogP contribution in [0.4, 0.5) is 4.79 Å². The number of aromatic nitrogens is 2. The Kier molecular flexibility index (Phi) is 2.52. The summed E-state index contributed by atoms with van der Waals surface area (Å²) in [6.07, 6.45) is 0.826. The van der Waals surface area contributed by atoms with Crippen molar-refractivity contribution in [3.63, 3.8) is 0 Å². The van der Waals surface area contributed by atoms with Crippen molar-refractivity contribution in [3.8, 4) is 0 Å². The van der Waals surface area contributed by atoms with Crippen molar-refractivity contribution in [2.45, 2.75) is 19.9 Å². The zero-order valence-corrected chi connectivity index (χ0v) is 9.01. The van der Waals surface area contributed by atoms with E-state index < -0.39 is 6.03 Å². The first-order valence-electron chi connectivity index (χ1n) is 5.17. The summed E-state index contributed by atoms with van der Waals surface area (Å²) >= 11 is 0. The van der Waals surface area contributed by atoms with Crippen LogP contribution in [0.25, 0.3) is 11.0 Å². The third kappa shape index (κ3) is 1.41. The minimum absolute atomic E-state index is 0.365. The Balaban J connectivity index is 2.86. The van der Waals surface area contributed by atoms with E-state index >= 15 is 0 Å². The smallest absolute Gasteiger partial charge is 0.337 e. The Morgan fingerprint density at radius 2 is 1.94 bits per heavy atom. The molecule has 0 fully saturated rings. The molecule has 0 saturated heterocycles. The van der Waals surface area contributed by atoms with Gasteiger partial charge in [-0.2, -0.15) is 0 Å². The highest BCUT2D eigenvalue weighted by Gasteiger charge is 2.14. The number of imidazole rings is 1. The number of aryl methyl sites for hydroxylation is 1. The summed E-state index contributed by atoms with van der Waals surface area (Å²) in [5.74, 6) is 0. The highest BCUT2D eigenvalue weighted by molar-refractivity contribution is 5.88. The van der Waals surface area contributed by atoms with Crippen LogP contribution in [0, 0.1) is 0 Å². The largest absolute Gasteiger partial charge is 0.351 e. The van der Waals surface area contributed by atoms with Gasteiger partial charge in [0.1, 0.15) is 0 Å². The van der Waals surface area contributed by atoms with Crippen LogP contribution >= 0.6 is 0 Å². The van der Waals surface area contributed by atoms with Crippen LogP contribution in [-0.2, 0) is 6.54 Å². The van der Waals surface area contributed by atoms with Crippen molar-refractivity contribution < 1.29 is 4.79 Å². The number of nitrogens with zero attached hydrogens (tertiary/aromatic N) is 2. The summed E-state index contributed by atoms with van der Waals surface area (Å²) in [4.78, 5) is 23.2. The van der Waals surface area contributed by atoms with E-state index in [-0.39, 0.29) is 5.69 Å². The fourth-order valence-electron chi connectivity index (χ4n) is 1.86. The van der Waals surface area contributed by atoms with Gasteiger partial charge in [-0.05, 0) is 18.6 Å². The van der Waals surface area contributed by atoms with Gasteiger partial charge in [0.15, 0.2) is 0 Å². The first-order chi connectivity index (χ1) is 7.66. The van der Waals surface area contributed by atoms with E-state index in [2.05, 4.69) is 0 Å². The van der Waals surface area contributed by atoms with Crippen molar-refractivity contribution in [1.29, 1.82) is 0 Å². The van der Waals surface area contributed by atoms with Gasteiger partial charge in [0.05, 0.1) is 11.0 Å². The van der Waals surface area contributed by atoms with Gasteiger partial charge < -0.3 is 5.73 Å². The van der Waals surface area contributed by atoms with E-state index in [9.17, 15) is 9.59 Å². The molecule has 5 nitrogen and oxygen atoms in total. The third-order valence-electron chi connectivity index (χ3n) is 2.50. The number of hydrogen-bond donors (Lipinski definition) is 1. The molecule has 1 heterocycles. The lowest BCUT2D eigenvalue weighted by atomic mass is 10.3. The van der Waals surface area contributed by atoms with Gasteiger partial charge in [-0.25, -0.2) is 14.2 Å². The summed E-state index contributed by atoms with van der Waals surface area (Å²) < 4.78 is 2.57. The molecule has 2 N–H and O–H groups in total. The number of para-hydroxylation sites is 2. The number of hydrogen-bond acceptors (Lipinski definition) is 2. The van der Waals surface area contributed by atoms with Crippen molar-refractivity contribution >= 4 is 17.1 Å². The molecule has 0 aliphatic rings. The summed E-state index contributed by atoms with van der Waals surface area (Å²) in [5, 5.41) is 0. The Hall–Kier alpha value is -2.04. The fourth-order valence-corrected chi connectivity index (χ4v) is 1.86. The summed E-state index contributed by atoms with van der Waals surface area (Å²) in [7, 11) is 0. The van der Waals surface area contributed by atoms with Crippen molar-refractivity contribution in [3.05, 3.63) is 34.7 Å². The number of carbonyl (C=O) groups excluding carboxylic acids is 1. The second-order valence-corrected chi connectivity index (χ2v) is 3.60. The predicted molar refractivity (Wildman–Crippen MR) is 61.5 cm³/mol. The van der Waals surface area contributed by atoms with Crippen molar-refractivity contribution in [2.75, 3.05) is 0 Å². The van der Waals surface area contributed by atoms with Crippen LogP contribution in [0.2, 0.25) is 0 Å². The maximum Gasteiger partial charge on any atom is 0.337 e. The van der Waals surface area contributed by atoms with E-state index in [0.717, 1.165) is 16.5 Å². The molecule has 1 aromatic carbocycles. The van der Waals surface area contributed by atoms with Crippen LogP contribution < -0.4 is 11.4 Å². The number of carbonyl (C=O) groups is 1. The summed E-state index contributed by atoms with van der Waals surface area (Å²) in [6, 6.07) is 6.40. The maximum absolute atomic E-state index is 11.9. The van der Waals surface area contributed by atoms with Gasteiger partial charge in [-0.3, -0.25) is 4.57 Å². The Morgan fingerprint density at radius 3 is 2.50 bits per heavy atom. The normalized spacial score (nSPS) is 10.8. The Morgan fingerprint density at radius 1 is 1.31 bits per heavy atom. The fraction of sp³-hybridized carbons (Fsp3) is 0.273. The van der Waals surface area contributed by atoms with Gasteiger partial charge in [0.2, 0.25) is 0 Å². The molecule has 1 aromatic heterocycles. The molecule has 0 atom stereocenters. The molecule has 2 rings (SSSR count). The van der Waals surface area contributed by atoms with Gasteiger partial charge in [-0.15, -0.1) is 0 Å². The molecule has 0 bridgehead atoms. The number of rotatable bonds is 2. The zero-order valence-electron chi connectivity index (χ0n) is 9.01. The molecule has 0 aliphatic heterocycles. The molecular weight excluding hydrogens is 206 g/mol. The molecule has 0 radical (unpaired) electrons. The summed E-state index contributed by atoms with van der Waals surface area (Å²) in [6.45, 7) is 2.56. The number of fused-ring (bicyclic) bond motifs is 1. The molecule has 0 saturated carbocycles. The molecule has 0 unspecified atom stereocenters. The topological polar surface area (TPSA) is 70.0 Å². The first-order valence-corrected chi connectivity index (χ1v) is 5.17. The van der Waals surface area contributed by atoms with E-state index in [0.29, 0.717) is 12.1 Å². The lowest BCUT2D eigenvalue weighted by molar-refractivity contribution is 0.250. The van der Waals surface area contributed by atoms with Crippen LogP contribution in [-0.4, -0.2) is 15.2 Å². The molecule has 0 spiro atoms. The Bertz CT molecular complexity index is 595. The molecule has 0 aliphatic carbocycles. The van der Waals surface area contributed by atoms with Crippen LogP contribution in [0.5, 0.6) is 0 Å². The number of primary amides is 1. The summed E-state index contributed by atoms with van der Waals surface area (Å²) in [5.41, 5.74) is 6.14. The minimum Gasteiger partial charge on any atom is -0.351 e. The SMILES string of the molecule is CCCn1c(=O)n(C(N)=O)c2ccccc21. The van der Waals surface area contributed by atoms with Crippen LogP contribution in [0.3, 0.4) is 0 Å². The average molecular weight is 219 g/mol.